The van der Waals surface area contributed by atoms with Crippen LogP contribution in [0.25, 0.3) is 10.9 Å². The van der Waals surface area contributed by atoms with Crippen molar-refractivity contribution in [3.05, 3.63) is 28.6 Å². The summed E-state index contributed by atoms with van der Waals surface area (Å²) >= 11 is 0. The molecule has 0 radical (unpaired) electrons. The third-order valence-electron chi connectivity index (χ3n) is 2.94. The number of ether oxygens (including phenoxy) is 3. The Balaban J connectivity index is 2.56. The predicted octanol–water partition coefficient (Wildman–Crippen LogP) is 0.396. The van der Waals surface area contributed by atoms with Crippen LogP contribution in [-0.2, 0) is 16.1 Å². The monoisotopic (exact) mass is 293 g/mol. The summed E-state index contributed by atoms with van der Waals surface area (Å²) in [5.41, 5.74) is 0.239. The van der Waals surface area contributed by atoms with Crippen LogP contribution in [0.15, 0.2) is 23.1 Å². The van der Waals surface area contributed by atoms with Crippen LogP contribution in [0, 0.1) is 0 Å². The molecule has 0 atom stereocenters. The third-order valence-corrected chi connectivity index (χ3v) is 2.94. The van der Waals surface area contributed by atoms with Gasteiger partial charge in [0.2, 0.25) is 6.20 Å². The molecule has 112 valence electrons. The van der Waals surface area contributed by atoms with Crippen LogP contribution >= 0.6 is 0 Å². The summed E-state index contributed by atoms with van der Waals surface area (Å²) in [6.07, 6.45) is 1.31. The van der Waals surface area contributed by atoms with Gasteiger partial charge in [-0.1, -0.05) is 0 Å². The lowest BCUT2D eigenvalue weighted by atomic mass is 10.2. The lowest BCUT2D eigenvalue weighted by molar-refractivity contribution is -0.741. The molecule has 0 amide bonds. The van der Waals surface area contributed by atoms with Crippen LogP contribution in [0.4, 0.5) is 0 Å². The molecule has 2 aromatic rings. The maximum atomic E-state index is 12.1. The first-order chi connectivity index (χ1) is 10.1. The highest BCUT2D eigenvalue weighted by Gasteiger charge is 2.18. The van der Waals surface area contributed by atoms with E-state index in [1.807, 2.05) is 0 Å². The molecule has 0 aliphatic rings. The normalized spacial score (nSPS) is 10.4. The summed E-state index contributed by atoms with van der Waals surface area (Å²) in [6, 6.07) is 3.30. The molecule has 21 heavy (non-hydrogen) atoms. The van der Waals surface area contributed by atoms with Crippen molar-refractivity contribution in [2.45, 2.75) is 13.5 Å². The zero-order valence-corrected chi connectivity index (χ0v) is 12.1. The van der Waals surface area contributed by atoms with Crippen molar-refractivity contribution in [1.82, 2.24) is 5.10 Å². The first-order valence-electron chi connectivity index (χ1n) is 6.43. The summed E-state index contributed by atoms with van der Waals surface area (Å²) in [6.45, 7) is 1.92. The summed E-state index contributed by atoms with van der Waals surface area (Å²) in [4.78, 5) is 23.6. The molecule has 2 rings (SSSR count). The molecule has 0 saturated carbocycles. The SMILES string of the molecule is CCOC(=O)C[n+]1cc(=O)c2ccc(OC)c(OC)c2[nH]1. The molecule has 7 nitrogen and oxygen atoms in total. The molecule has 7 heteroatoms. The molecule has 1 aromatic heterocycles. The highest BCUT2D eigenvalue weighted by atomic mass is 16.5. The average molecular weight is 293 g/mol. The molecule has 0 aliphatic heterocycles. The van der Waals surface area contributed by atoms with Gasteiger partial charge < -0.3 is 14.2 Å². The molecule has 1 N–H and O–H groups in total. The Kier molecular flexibility index (Phi) is 4.42. The molecule has 0 bridgehead atoms. The maximum Gasteiger partial charge on any atom is 0.375 e. The van der Waals surface area contributed by atoms with E-state index in [2.05, 4.69) is 5.10 Å². The zero-order chi connectivity index (χ0) is 15.4. The number of hydrogen-bond donors (Lipinski definition) is 1. The van der Waals surface area contributed by atoms with Crippen molar-refractivity contribution in [1.29, 1.82) is 0 Å². The first kappa shape index (κ1) is 14.8. The van der Waals surface area contributed by atoms with Gasteiger partial charge >= 0.3 is 5.97 Å². The summed E-state index contributed by atoms with van der Waals surface area (Å²) in [5.74, 6) is 0.471. The van der Waals surface area contributed by atoms with Crippen molar-refractivity contribution in [3.8, 4) is 11.5 Å². The van der Waals surface area contributed by atoms with Gasteiger partial charge in [-0.25, -0.2) is 4.79 Å². The van der Waals surface area contributed by atoms with E-state index in [1.165, 1.54) is 25.1 Å². The van der Waals surface area contributed by atoms with Crippen molar-refractivity contribution >= 4 is 16.9 Å². The van der Waals surface area contributed by atoms with E-state index < -0.39 is 5.97 Å². The third kappa shape index (κ3) is 2.96. The number of carbonyl (C=O) groups excluding carboxylic acids is 1. The van der Waals surface area contributed by atoms with Crippen LogP contribution < -0.4 is 19.6 Å². The number of fused-ring (bicyclic) bond motifs is 1. The first-order valence-corrected chi connectivity index (χ1v) is 6.43. The molecule has 0 fully saturated rings. The predicted molar refractivity (Wildman–Crippen MR) is 74.5 cm³/mol. The Morgan fingerprint density at radius 2 is 2.05 bits per heavy atom. The van der Waals surface area contributed by atoms with Crippen molar-refractivity contribution in [2.24, 2.45) is 0 Å². The fraction of sp³-hybridized carbons (Fsp3) is 0.357. The number of aromatic nitrogens is 2. The van der Waals surface area contributed by atoms with E-state index >= 15 is 0 Å². The minimum absolute atomic E-state index is 0.0839. The van der Waals surface area contributed by atoms with Crippen LogP contribution in [0.1, 0.15) is 6.92 Å². The van der Waals surface area contributed by atoms with Gasteiger partial charge in [0.1, 0.15) is 0 Å². The second-order valence-electron chi connectivity index (χ2n) is 4.26. The van der Waals surface area contributed by atoms with E-state index in [-0.39, 0.29) is 18.6 Å². The quantitative estimate of drug-likeness (QED) is 0.637. The number of H-pyrrole nitrogens is 1. The molecule has 0 spiro atoms. The van der Waals surface area contributed by atoms with Gasteiger partial charge in [-0.05, 0) is 19.1 Å². The van der Waals surface area contributed by atoms with Crippen LogP contribution in [0.2, 0.25) is 0 Å². The number of methoxy groups -OCH3 is 2. The molecule has 1 aromatic carbocycles. The van der Waals surface area contributed by atoms with Gasteiger partial charge in [-0.3, -0.25) is 4.79 Å². The van der Waals surface area contributed by atoms with E-state index in [4.69, 9.17) is 14.2 Å². The van der Waals surface area contributed by atoms with Gasteiger partial charge in [-0.15, -0.1) is 4.68 Å². The largest absolute Gasteiger partial charge is 0.493 e. The summed E-state index contributed by atoms with van der Waals surface area (Å²) < 4.78 is 16.7. The van der Waals surface area contributed by atoms with E-state index in [0.29, 0.717) is 22.4 Å². The van der Waals surface area contributed by atoms with Crippen molar-refractivity contribution < 1.29 is 23.7 Å². The number of aromatic amines is 1. The molecular formula is C14H17N2O5+. The van der Waals surface area contributed by atoms with Gasteiger partial charge in [-0.2, -0.15) is 5.10 Å². The Hall–Kier alpha value is -2.57. The van der Waals surface area contributed by atoms with E-state index in [9.17, 15) is 9.59 Å². The molecule has 1 heterocycles. The second kappa shape index (κ2) is 6.25. The molecule has 0 saturated heterocycles. The number of hydrogen-bond acceptors (Lipinski definition) is 5. The highest BCUT2D eigenvalue weighted by molar-refractivity contribution is 5.86. The smallest absolute Gasteiger partial charge is 0.375 e. The number of nitrogens with zero attached hydrogens (tertiary/aromatic N) is 1. The van der Waals surface area contributed by atoms with Gasteiger partial charge in [0.15, 0.2) is 17.0 Å². The average Bonchev–Trinajstić information content (AvgIpc) is 2.46. The molecule has 0 unspecified atom stereocenters. The lowest BCUT2D eigenvalue weighted by Crippen LogP contribution is -2.44. The number of esters is 1. The fourth-order valence-corrected chi connectivity index (χ4v) is 2.06. The van der Waals surface area contributed by atoms with Gasteiger partial charge in [0.25, 0.3) is 12.0 Å². The minimum atomic E-state index is -0.431. The topological polar surface area (TPSA) is 81.5 Å². The highest BCUT2D eigenvalue weighted by Crippen LogP contribution is 2.31. The molecule has 0 aliphatic carbocycles. The summed E-state index contributed by atoms with van der Waals surface area (Å²) in [5, 5.41) is 3.41. The fourth-order valence-electron chi connectivity index (χ4n) is 2.06. The molecular weight excluding hydrogens is 276 g/mol. The van der Waals surface area contributed by atoms with Gasteiger partial charge in [0.05, 0.1) is 26.2 Å². The van der Waals surface area contributed by atoms with Crippen molar-refractivity contribution in [2.75, 3.05) is 20.8 Å². The minimum Gasteiger partial charge on any atom is -0.493 e. The maximum absolute atomic E-state index is 12.1. The van der Waals surface area contributed by atoms with Gasteiger partial charge in [0, 0.05) is 0 Å². The number of benzene rings is 1. The van der Waals surface area contributed by atoms with E-state index in [1.54, 1.807) is 19.1 Å². The zero-order valence-electron chi connectivity index (χ0n) is 12.1. The van der Waals surface area contributed by atoms with Crippen molar-refractivity contribution in [3.63, 3.8) is 0 Å². The van der Waals surface area contributed by atoms with Crippen LogP contribution in [-0.4, -0.2) is 31.9 Å². The number of nitrogens with one attached hydrogen (secondary N) is 1. The van der Waals surface area contributed by atoms with Crippen LogP contribution in [0.3, 0.4) is 0 Å². The lowest BCUT2D eigenvalue weighted by Gasteiger charge is -2.09. The Labute approximate surface area is 121 Å². The second-order valence-corrected chi connectivity index (χ2v) is 4.26. The Bertz CT molecular complexity index is 723. The Morgan fingerprint density at radius 1 is 1.29 bits per heavy atom. The van der Waals surface area contributed by atoms with Crippen LogP contribution in [0.5, 0.6) is 11.5 Å². The van der Waals surface area contributed by atoms with E-state index in [0.717, 1.165) is 0 Å². The summed E-state index contributed by atoms with van der Waals surface area (Å²) in [7, 11) is 3.00. The Morgan fingerprint density at radius 3 is 2.67 bits per heavy atom. The number of rotatable bonds is 5. The number of carbonyl (C=O) groups is 1. The standard InChI is InChI=1S/C14H16N2O5/c1-4-21-12(18)8-16-7-10(17)9-5-6-11(19-2)14(20-3)13(9)15-16/h5-7H,4,8H2,1-3H3/p+1.